The number of hydrogen-bond donors (Lipinski definition) is 2. The minimum atomic E-state index is -1.20. The van der Waals surface area contributed by atoms with Gasteiger partial charge in [0.15, 0.2) is 11.5 Å². The Balaban J connectivity index is 2.11. The highest BCUT2D eigenvalue weighted by Crippen LogP contribution is 2.28. The van der Waals surface area contributed by atoms with E-state index in [1.54, 1.807) is 0 Å². The number of amides is 1. The predicted molar refractivity (Wildman–Crippen MR) is 72.8 cm³/mol. The van der Waals surface area contributed by atoms with E-state index in [4.69, 9.17) is 9.26 Å². The van der Waals surface area contributed by atoms with Gasteiger partial charge in [0.25, 0.3) is 5.91 Å². The first-order valence-electron chi connectivity index (χ1n) is 7.08. The van der Waals surface area contributed by atoms with Crippen molar-refractivity contribution in [3.8, 4) is 0 Å². The van der Waals surface area contributed by atoms with Crippen LogP contribution in [-0.4, -0.2) is 34.8 Å². The first kappa shape index (κ1) is 15.5. The number of carboxylic acids is 1. The van der Waals surface area contributed by atoms with Gasteiger partial charge in [-0.25, -0.2) is 4.79 Å². The molecule has 0 unspecified atom stereocenters. The van der Waals surface area contributed by atoms with Gasteiger partial charge in [0.05, 0.1) is 0 Å². The maximum atomic E-state index is 12.2. The van der Waals surface area contributed by atoms with Gasteiger partial charge in [0.2, 0.25) is 0 Å². The molecule has 1 fully saturated rings. The number of hydrogen-bond acceptors (Lipinski definition) is 5. The smallest absolute Gasteiger partial charge is 0.329 e. The molecule has 0 spiro atoms. The van der Waals surface area contributed by atoms with Crippen LogP contribution in [0.1, 0.15) is 54.8 Å². The molecule has 7 heteroatoms. The minimum Gasteiger partial charge on any atom is -0.480 e. The molecule has 1 aromatic rings. The summed E-state index contributed by atoms with van der Waals surface area (Å²) in [6, 6.07) is 1.46. The second-order valence-electron chi connectivity index (χ2n) is 5.37. The Morgan fingerprint density at radius 1 is 1.38 bits per heavy atom. The molecule has 7 nitrogen and oxygen atoms in total. The van der Waals surface area contributed by atoms with Gasteiger partial charge in [-0.3, -0.25) is 4.79 Å². The molecule has 21 heavy (non-hydrogen) atoms. The topological polar surface area (TPSA) is 102 Å². The van der Waals surface area contributed by atoms with E-state index in [0.717, 1.165) is 25.7 Å². The fourth-order valence-electron chi connectivity index (χ4n) is 2.64. The lowest BCUT2D eigenvalue weighted by atomic mass is 9.90. The standard InChI is InChI=1S/C14H20N2O5/c1-20-9-10-8-11(16-21-10)12(17)15-14(13(18)19)6-4-2-3-5-7-14/h8H,2-7,9H2,1H3,(H,15,17)(H,18,19). The molecule has 2 rings (SSSR count). The van der Waals surface area contributed by atoms with Crippen molar-refractivity contribution in [2.45, 2.75) is 50.7 Å². The van der Waals surface area contributed by atoms with E-state index < -0.39 is 17.4 Å². The third-order valence-electron chi connectivity index (χ3n) is 3.80. The Morgan fingerprint density at radius 2 is 2.05 bits per heavy atom. The number of methoxy groups -OCH3 is 1. The third-order valence-corrected chi connectivity index (χ3v) is 3.80. The van der Waals surface area contributed by atoms with Crippen molar-refractivity contribution in [3.05, 3.63) is 17.5 Å². The summed E-state index contributed by atoms with van der Waals surface area (Å²) >= 11 is 0. The van der Waals surface area contributed by atoms with Crippen LogP contribution in [-0.2, 0) is 16.1 Å². The number of carbonyl (C=O) groups is 2. The second-order valence-corrected chi connectivity index (χ2v) is 5.37. The summed E-state index contributed by atoms with van der Waals surface area (Å²) in [5, 5.41) is 15.8. The molecule has 0 aromatic carbocycles. The summed E-state index contributed by atoms with van der Waals surface area (Å²) in [7, 11) is 1.51. The number of nitrogens with zero attached hydrogens (tertiary/aromatic N) is 1. The van der Waals surface area contributed by atoms with Crippen LogP contribution in [0.4, 0.5) is 0 Å². The van der Waals surface area contributed by atoms with Crippen LogP contribution >= 0.6 is 0 Å². The number of carboxylic acid groups (broad SMARTS) is 1. The largest absolute Gasteiger partial charge is 0.480 e. The van der Waals surface area contributed by atoms with Crippen LogP contribution in [0.15, 0.2) is 10.6 Å². The summed E-state index contributed by atoms with van der Waals surface area (Å²) in [5.74, 6) is -1.09. The molecule has 0 aliphatic heterocycles. The Hall–Kier alpha value is -1.89. The Bertz CT molecular complexity index is 503. The Morgan fingerprint density at radius 3 is 2.62 bits per heavy atom. The molecule has 0 saturated heterocycles. The van der Waals surface area contributed by atoms with Gasteiger partial charge >= 0.3 is 5.97 Å². The SMILES string of the molecule is COCc1cc(C(=O)NC2(C(=O)O)CCCCCC2)no1. The fraction of sp³-hybridized carbons (Fsp3) is 0.643. The lowest BCUT2D eigenvalue weighted by molar-refractivity contribution is -0.145. The van der Waals surface area contributed by atoms with Crippen molar-refractivity contribution in [2.24, 2.45) is 0 Å². The molecular formula is C14H20N2O5. The maximum Gasteiger partial charge on any atom is 0.329 e. The summed E-state index contributed by atoms with van der Waals surface area (Å²) in [5.41, 5.74) is -1.12. The Kier molecular flexibility index (Phi) is 4.95. The van der Waals surface area contributed by atoms with Crippen molar-refractivity contribution < 1.29 is 24.0 Å². The van der Waals surface area contributed by atoms with E-state index in [2.05, 4.69) is 10.5 Å². The van der Waals surface area contributed by atoms with E-state index in [-0.39, 0.29) is 12.3 Å². The average molecular weight is 296 g/mol. The molecule has 1 aliphatic rings. The van der Waals surface area contributed by atoms with Gasteiger partial charge in [0, 0.05) is 13.2 Å². The Labute approximate surface area is 122 Å². The molecule has 1 saturated carbocycles. The zero-order valence-electron chi connectivity index (χ0n) is 12.1. The second kappa shape index (κ2) is 6.71. The van der Waals surface area contributed by atoms with E-state index in [1.165, 1.54) is 13.2 Å². The molecular weight excluding hydrogens is 276 g/mol. The van der Waals surface area contributed by atoms with E-state index in [9.17, 15) is 14.7 Å². The molecule has 1 aromatic heterocycles. The first-order chi connectivity index (χ1) is 10.1. The van der Waals surface area contributed by atoms with Crippen molar-refractivity contribution in [2.75, 3.05) is 7.11 Å². The third kappa shape index (κ3) is 3.60. The highest BCUT2D eigenvalue weighted by molar-refractivity contribution is 5.96. The minimum absolute atomic E-state index is 0.0759. The number of aliphatic carboxylic acids is 1. The zero-order valence-corrected chi connectivity index (χ0v) is 12.1. The van der Waals surface area contributed by atoms with Crippen LogP contribution in [0.5, 0.6) is 0 Å². The fourth-order valence-corrected chi connectivity index (χ4v) is 2.64. The number of ether oxygens (including phenoxy) is 1. The van der Waals surface area contributed by atoms with Gasteiger partial charge in [-0.2, -0.15) is 0 Å². The number of nitrogens with one attached hydrogen (secondary N) is 1. The highest BCUT2D eigenvalue weighted by atomic mass is 16.5. The molecule has 2 N–H and O–H groups in total. The van der Waals surface area contributed by atoms with Crippen LogP contribution in [0, 0.1) is 0 Å². The summed E-state index contributed by atoms with van der Waals surface area (Å²) in [6.07, 6.45) is 4.45. The lowest BCUT2D eigenvalue weighted by Gasteiger charge is -2.28. The molecule has 0 bridgehead atoms. The average Bonchev–Trinajstić information content (AvgIpc) is 2.78. The molecule has 116 valence electrons. The normalized spacial score (nSPS) is 18.0. The van der Waals surface area contributed by atoms with Gasteiger partial charge in [-0.05, 0) is 12.8 Å². The van der Waals surface area contributed by atoms with Crippen LogP contribution < -0.4 is 5.32 Å². The van der Waals surface area contributed by atoms with Crippen LogP contribution in [0.2, 0.25) is 0 Å². The molecule has 1 amide bonds. The van der Waals surface area contributed by atoms with Gasteiger partial charge in [0.1, 0.15) is 12.1 Å². The van der Waals surface area contributed by atoms with Crippen LogP contribution in [0.3, 0.4) is 0 Å². The molecule has 0 radical (unpaired) electrons. The van der Waals surface area contributed by atoms with E-state index in [1.807, 2.05) is 0 Å². The van der Waals surface area contributed by atoms with Crippen LogP contribution in [0.25, 0.3) is 0 Å². The predicted octanol–water partition coefficient (Wildman–Crippen LogP) is 1.73. The number of aromatic nitrogens is 1. The first-order valence-corrected chi connectivity index (χ1v) is 7.08. The zero-order chi connectivity index (χ0) is 15.3. The van der Waals surface area contributed by atoms with Crippen molar-refractivity contribution >= 4 is 11.9 Å². The number of rotatable bonds is 5. The van der Waals surface area contributed by atoms with E-state index in [0.29, 0.717) is 18.6 Å². The highest BCUT2D eigenvalue weighted by Gasteiger charge is 2.40. The molecule has 1 heterocycles. The van der Waals surface area contributed by atoms with Crippen molar-refractivity contribution in [1.29, 1.82) is 0 Å². The lowest BCUT2D eigenvalue weighted by Crippen LogP contribution is -2.54. The van der Waals surface area contributed by atoms with E-state index >= 15 is 0 Å². The quantitative estimate of drug-likeness (QED) is 0.802. The maximum absolute atomic E-state index is 12.2. The summed E-state index contributed by atoms with van der Waals surface area (Å²) in [4.78, 5) is 23.8. The number of carbonyl (C=O) groups excluding carboxylic acids is 1. The van der Waals surface area contributed by atoms with Crippen molar-refractivity contribution in [3.63, 3.8) is 0 Å². The van der Waals surface area contributed by atoms with Crippen molar-refractivity contribution in [1.82, 2.24) is 10.5 Å². The van der Waals surface area contributed by atoms with Gasteiger partial charge in [-0.15, -0.1) is 0 Å². The summed E-state index contributed by atoms with van der Waals surface area (Å²) in [6.45, 7) is 0.213. The van der Waals surface area contributed by atoms with Gasteiger partial charge < -0.3 is 19.7 Å². The molecule has 1 aliphatic carbocycles. The monoisotopic (exact) mass is 296 g/mol. The molecule has 0 atom stereocenters. The van der Waals surface area contributed by atoms with Gasteiger partial charge in [-0.1, -0.05) is 30.8 Å². The summed E-state index contributed by atoms with van der Waals surface area (Å²) < 4.78 is 9.84.